The van der Waals surface area contributed by atoms with Gasteiger partial charge >= 0.3 is 0 Å². The molecule has 2 N–H and O–H groups in total. The van der Waals surface area contributed by atoms with E-state index in [0.29, 0.717) is 18.5 Å². The number of piperazine rings is 1. The molecule has 1 aliphatic carbocycles. The normalized spacial score (nSPS) is 29.4. The fourth-order valence-corrected chi connectivity index (χ4v) is 4.50. The van der Waals surface area contributed by atoms with Crippen molar-refractivity contribution in [2.75, 3.05) is 45.8 Å². The largest absolute Gasteiger partial charge is 0.352 e. The zero-order valence-electron chi connectivity index (χ0n) is 15.6. The first-order valence-corrected chi connectivity index (χ1v) is 10.1. The van der Waals surface area contributed by atoms with Crippen LogP contribution in [0.1, 0.15) is 45.4 Å². The summed E-state index contributed by atoms with van der Waals surface area (Å²) in [4.78, 5) is 29.1. The van der Waals surface area contributed by atoms with E-state index in [-0.39, 0.29) is 11.8 Å². The Kier molecular flexibility index (Phi) is 6.70. The Morgan fingerprint density at radius 2 is 1.76 bits per heavy atom. The molecule has 2 unspecified atom stereocenters. The summed E-state index contributed by atoms with van der Waals surface area (Å²) in [6.07, 6.45) is 6.67. The van der Waals surface area contributed by atoms with Crippen molar-refractivity contribution in [2.45, 2.75) is 51.5 Å². The standard InChI is InChI=1S/C19H34N4O2/c1-15-3-2-4-17(13-15)21-18(24)14-22-9-11-23(12-10-22)19(25)16-5-7-20-8-6-16/h15-17,20H,2-14H2,1H3,(H,21,24). The van der Waals surface area contributed by atoms with Gasteiger partial charge in [-0.3, -0.25) is 14.5 Å². The molecule has 142 valence electrons. The van der Waals surface area contributed by atoms with E-state index in [9.17, 15) is 9.59 Å². The van der Waals surface area contributed by atoms with Gasteiger partial charge < -0.3 is 15.5 Å². The van der Waals surface area contributed by atoms with E-state index < -0.39 is 0 Å². The van der Waals surface area contributed by atoms with Crippen molar-refractivity contribution in [1.29, 1.82) is 0 Å². The molecule has 6 nitrogen and oxygen atoms in total. The van der Waals surface area contributed by atoms with Gasteiger partial charge in [-0.2, -0.15) is 0 Å². The van der Waals surface area contributed by atoms with E-state index in [1.807, 2.05) is 4.90 Å². The van der Waals surface area contributed by atoms with Crippen molar-refractivity contribution in [3.8, 4) is 0 Å². The second-order valence-corrected chi connectivity index (χ2v) is 8.16. The number of hydrogen-bond acceptors (Lipinski definition) is 4. The third kappa shape index (κ3) is 5.42. The van der Waals surface area contributed by atoms with Crippen LogP contribution in [0.25, 0.3) is 0 Å². The highest BCUT2D eigenvalue weighted by atomic mass is 16.2. The van der Waals surface area contributed by atoms with Crippen molar-refractivity contribution in [2.24, 2.45) is 11.8 Å². The first-order chi connectivity index (χ1) is 12.1. The lowest BCUT2D eigenvalue weighted by molar-refractivity contribution is -0.138. The van der Waals surface area contributed by atoms with Crippen LogP contribution >= 0.6 is 0 Å². The highest BCUT2D eigenvalue weighted by Gasteiger charge is 2.29. The number of carbonyl (C=O) groups excluding carboxylic acids is 2. The smallest absolute Gasteiger partial charge is 0.234 e. The zero-order chi connectivity index (χ0) is 17.6. The molecule has 2 amide bonds. The van der Waals surface area contributed by atoms with Gasteiger partial charge in [-0.05, 0) is 44.7 Å². The maximum absolute atomic E-state index is 12.6. The number of nitrogens with one attached hydrogen (secondary N) is 2. The molecule has 2 aliphatic heterocycles. The van der Waals surface area contributed by atoms with Crippen LogP contribution in [0.5, 0.6) is 0 Å². The van der Waals surface area contributed by atoms with E-state index in [1.54, 1.807) is 0 Å². The second kappa shape index (κ2) is 8.99. The number of hydrogen-bond donors (Lipinski definition) is 2. The average molecular weight is 351 g/mol. The fourth-order valence-electron chi connectivity index (χ4n) is 4.50. The van der Waals surface area contributed by atoms with Gasteiger partial charge in [0, 0.05) is 38.1 Å². The Hall–Kier alpha value is -1.14. The molecule has 2 heterocycles. The van der Waals surface area contributed by atoms with Crippen LogP contribution in [0.4, 0.5) is 0 Å². The molecule has 2 atom stereocenters. The molecule has 1 saturated carbocycles. The van der Waals surface area contributed by atoms with Crippen LogP contribution < -0.4 is 10.6 Å². The Balaban J connectivity index is 1.37. The van der Waals surface area contributed by atoms with Gasteiger partial charge in [-0.25, -0.2) is 0 Å². The predicted molar refractivity (Wildman–Crippen MR) is 98.2 cm³/mol. The zero-order valence-corrected chi connectivity index (χ0v) is 15.6. The molecule has 3 aliphatic rings. The van der Waals surface area contributed by atoms with Crippen LogP contribution in [-0.2, 0) is 9.59 Å². The summed E-state index contributed by atoms with van der Waals surface area (Å²) in [5, 5.41) is 6.53. The van der Waals surface area contributed by atoms with Gasteiger partial charge in [0.1, 0.15) is 0 Å². The minimum absolute atomic E-state index is 0.150. The van der Waals surface area contributed by atoms with E-state index in [1.165, 1.54) is 12.8 Å². The van der Waals surface area contributed by atoms with Crippen LogP contribution in [-0.4, -0.2) is 73.5 Å². The second-order valence-electron chi connectivity index (χ2n) is 8.16. The van der Waals surface area contributed by atoms with Gasteiger partial charge in [0.2, 0.25) is 11.8 Å². The number of rotatable bonds is 4. The third-order valence-electron chi connectivity index (χ3n) is 6.04. The molecule has 3 rings (SSSR count). The van der Waals surface area contributed by atoms with Gasteiger partial charge in [-0.1, -0.05) is 19.8 Å². The van der Waals surface area contributed by atoms with Gasteiger partial charge in [0.25, 0.3) is 0 Å². The van der Waals surface area contributed by atoms with Crippen molar-refractivity contribution < 1.29 is 9.59 Å². The van der Waals surface area contributed by atoms with Crippen molar-refractivity contribution in [1.82, 2.24) is 20.4 Å². The topological polar surface area (TPSA) is 64.7 Å². The quantitative estimate of drug-likeness (QED) is 0.788. The minimum Gasteiger partial charge on any atom is -0.352 e. The van der Waals surface area contributed by atoms with Crippen molar-refractivity contribution >= 4 is 11.8 Å². The Labute approximate surface area is 151 Å². The summed E-state index contributed by atoms with van der Waals surface area (Å²) >= 11 is 0. The molecule has 2 saturated heterocycles. The highest BCUT2D eigenvalue weighted by Crippen LogP contribution is 2.23. The number of nitrogens with zero attached hydrogens (tertiary/aromatic N) is 2. The van der Waals surface area contributed by atoms with Gasteiger partial charge in [0.15, 0.2) is 0 Å². The molecule has 3 fully saturated rings. The lowest BCUT2D eigenvalue weighted by atomic mass is 9.87. The lowest BCUT2D eigenvalue weighted by Gasteiger charge is -2.37. The number of carbonyl (C=O) groups is 2. The first kappa shape index (κ1) is 18.6. The molecule has 0 aromatic carbocycles. The van der Waals surface area contributed by atoms with Crippen LogP contribution in [0.15, 0.2) is 0 Å². The minimum atomic E-state index is 0.150. The summed E-state index contributed by atoms with van der Waals surface area (Å²) in [5.74, 6) is 1.40. The molecule has 0 radical (unpaired) electrons. The van der Waals surface area contributed by atoms with Crippen molar-refractivity contribution in [3.05, 3.63) is 0 Å². The Bertz CT molecular complexity index is 456. The predicted octanol–water partition coefficient (Wildman–Crippen LogP) is 0.825. The van der Waals surface area contributed by atoms with Gasteiger partial charge in [-0.15, -0.1) is 0 Å². The Morgan fingerprint density at radius 3 is 2.44 bits per heavy atom. The maximum Gasteiger partial charge on any atom is 0.234 e. The van der Waals surface area contributed by atoms with Crippen molar-refractivity contribution in [3.63, 3.8) is 0 Å². The summed E-state index contributed by atoms with van der Waals surface area (Å²) in [5.41, 5.74) is 0. The van der Waals surface area contributed by atoms with Crippen LogP contribution in [0.3, 0.4) is 0 Å². The van der Waals surface area contributed by atoms with E-state index in [0.717, 1.165) is 70.9 Å². The third-order valence-corrected chi connectivity index (χ3v) is 6.04. The molecular formula is C19H34N4O2. The molecule has 0 spiro atoms. The van der Waals surface area contributed by atoms with E-state index in [4.69, 9.17) is 0 Å². The van der Waals surface area contributed by atoms with Crippen LogP contribution in [0.2, 0.25) is 0 Å². The first-order valence-electron chi connectivity index (χ1n) is 10.1. The average Bonchev–Trinajstić information content (AvgIpc) is 2.62. The fraction of sp³-hybridized carbons (Fsp3) is 0.895. The van der Waals surface area contributed by atoms with E-state index >= 15 is 0 Å². The lowest BCUT2D eigenvalue weighted by Crippen LogP contribution is -2.53. The molecule has 25 heavy (non-hydrogen) atoms. The molecule has 0 aromatic heterocycles. The summed E-state index contributed by atoms with van der Waals surface area (Å²) in [6.45, 7) is 7.80. The van der Waals surface area contributed by atoms with Crippen LogP contribution in [0, 0.1) is 11.8 Å². The SMILES string of the molecule is CC1CCCC(NC(=O)CN2CCN(C(=O)C3CCNCC3)CC2)C1. The summed E-state index contributed by atoms with van der Waals surface area (Å²) in [6, 6.07) is 0.360. The Morgan fingerprint density at radius 1 is 1.04 bits per heavy atom. The molecule has 6 heteroatoms. The number of piperidine rings is 1. The molecule has 0 aromatic rings. The summed E-state index contributed by atoms with van der Waals surface area (Å²) in [7, 11) is 0. The summed E-state index contributed by atoms with van der Waals surface area (Å²) < 4.78 is 0. The number of amides is 2. The van der Waals surface area contributed by atoms with Gasteiger partial charge in [0.05, 0.1) is 6.54 Å². The molecule has 0 bridgehead atoms. The molecular weight excluding hydrogens is 316 g/mol. The maximum atomic E-state index is 12.6. The monoisotopic (exact) mass is 350 g/mol. The highest BCUT2D eigenvalue weighted by molar-refractivity contribution is 5.79. The van der Waals surface area contributed by atoms with E-state index in [2.05, 4.69) is 22.5 Å².